The van der Waals surface area contributed by atoms with Crippen LogP contribution >= 0.6 is 0 Å². The van der Waals surface area contributed by atoms with Crippen LogP contribution in [-0.4, -0.2) is 57.1 Å². The molecule has 2 atom stereocenters. The number of ether oxygens (including phenoxy) is 1. The number of nitrogens with zero attached hydrogens (tertiary/aromatic N) is 2. The van der Waals surface area contributed by atoms with Crippen molar-refractivity contribution in [3.8, 4) is 5.75 Å². The van der Waals surface area contributed by atoms with E-state index in [4.69, 9.17) is 4.74 Å². The van der Waals surface area contributed by atoms with Gasteiger partial charge < -0.3 is 15.0 Å². The van der Waals surface area contributed by atoms with Gasteiger partial charge in [0.25, 0.3) is 0 Å². The fraction of sp³-hybridized carbons (Fsp3) is 0.394. The molecule has 0 aromatic heterocycles. The fourth-order valence-corrected chi connectivity index (χ4v) is 5.79. The highest BCUT2D eigenvalue weighted by molar-refractivity contribution is 7.92. The summed E-state index contributed by atoms with van der Waals surface area (Å²) in [7, 11) is -2.16. The topological polar surface area (TPSA) is 96.0 Å². The summed E-state index contributed by atoms with van der Waals surface area (Å²) in [6.45, 7) is 6.29. The van der Waals surface area contributed by atoms with Gasteiger partial charge in [0.2, 0.25) is 21.8 Å². The summed E-state index contributed by atoms with van der Waals surface area (Å²) in [5.41, 5.74) is 3.35. The number of hydrogen-bond donors (Lipinski definition) is 1. The molecule has 0 aliphatic carbocycles. The van der Waals surface area contributed by atoms with Crippen molar-refractivity contribution in [2.75, 3.05) is 24.2 Å². The van der Waals surface area contributed by atoms with Gasteiger partial charge >= 0.3 is 0 Å². The molecule has 2 amide bonds. The highest BCUT2D eigenvalue weighted by Crippen LogP contribution is 2.30. The molecule has 226 valence electrons. The maximum absolute atomic E-state index is 14.0. The molecule has 0 fully saturated rings. The average Bonchev–Trinajstić information content (AvgIpc) is 2.96. The third-order valence-electron chi connectivity index (χ3n) is 7.21. The molecule has 0 saturated heterocycles. The first-order chi connectivity index (χ1) is 20.0. The van der Waals surface area contributed by atoms with Crippen molar-refractivity contribution >= 4 is 27.5 Å². The lowest BCUT2D eigenvalue weighted by Gasteiger charge is -2.33. The third kappa shape index (κ3) is 9.34. The molecule has 3 rings (SSSR count). The van der Waals surface area contributed by atoms with Crippen molar-refractivity contribution in [2.24, 2.45) is 0 Å². The van der Waals surface area contributed by atoms with E-state index in [2.05, 4.69) is 5.32 Å². The maximum atomic E-state index is 14.0. The van der Waals surface area contributed by atoms with Crippen LogP contribution in [0.4, 0.5) is 5.69 Å². The predicted octanol–water partition coefficient (Wildman–Crippen LogP) is 5.10. The highest BCUT2D eigenvalue weighted by atomic mass is 32.2. The first-order valence-electron chi connectivity index (χ1n) is 14.3. The van der Waals surface area contributed by atoms with E-state index in [0.29, 0.717) is 17.9 Å². The Morgan fingerprint density at radius 1 is 0.952 bits per heavy atom. The van der Waals surface area contributed by atoms with Crippen molar-refractivity contribution < 1.29 is 22.7 Å². The molecule has 0 bridgehead atoms. The van der Waals surface area contributed by atoms with Crippen LogP contribution in [0.25, 0.3) is 0 Å². The summed E-state index contributed by atoms with van der Waals surface area (Å²) in [6, 6.07) is 23.7. The summed E-state index contributed by atoms with van der Waals surface area (Å²) < 4.78 is 32.1. The van der Waals surface area contributed by atoms with Crippen molar-refractivity contribution in [3.63, 3.8) is 0 Å². The molecule has 3 aromatic rings. The van der Waals surface area contributed by atoms with E-state index in [1.54, 1.807) is 29.2 Å². The minimum atomic E-state index is -3.64. The number of rotatable bonds is 15. The molecule has 0 radical (unpaired) electrons. The number of carbonyl (C=O) groups is 2. The largest absolute Gasteiger partial charge is 0.495 e. The quantitative estimate of drug-likeness (QED) is 0.264. The van der Waals surface area contributed by atoms with Crippen molar-refractivity contribution in [3.05, 3.63) is 95.6 Å². The van der Waals surface area contributed by atoms with Gasteiger partial charge in [-0.05, 0) is 49.9 Å². The Bertz CT molecular complexity index is 1430. The van der Waals surface area contributed by atoms with Gasteiger partial charge in [-0.3, -0.25) is 13.9 Å². The number of benzene rings is 3. The van der Waals surface area contributed by atoms with E-state index in [1.165, 1.54) is 11.4 Å². The molecule has 0 aliphatic rings. The van der Waals surface area contributed by atoms with Crippen molar-refractivity contribution in [1.82, 2.24) is 10.2 Å². The van der Waals surface area contributed by atoms with Gasteiger partial charge in [0.1, 0.15) is 11.8 Å². The number of para-hydroxylation sites is 2. The lowest BCUT2D eigenvalue weighted by molar-refractivity contribution is -0.141. The molecule has 8 nitrogen and oxygen atoms in total. The summed E-state index contributed by atoms with van der Waals surface area (Å²) in [5.74, 6) is 0.00572. The second-order valence-electron chi connectivity index (χ2n) is 10.6. The van der Waals surface area contributed by atoms with Crippen LogP contribution in [0.1, 0.15) is 49.8 Å². The van der Waals surface area contributed by atoms with Crippen LogP contribution < -0.4 is 14.4 Å². The fourth-order valence-electron chi connectivity index (χ4n) is 4.82. The standard InChI is InChI=1S/C33H43N3O5S/c1-6-26(3)34-33(38)30(23-27-15-8-7-9-16-27)35(24-28-17-12-14-25(2)22-28)32(37)20-13-21-36(42(5,39)40)29-18-10-11-19-31(29)41-4/h7-12,14-19,22,26,30H,6,13,20-21,23-24H2,1-5H3,(H,34,38). The number of sulfonamides is 1. The molecule has 0 saturated carbocycles. The van der Waals surface area contributed by atoms with Gasteiger partial charge in [0.15, 0.2) is 0 Å². The lowest BCUT2D eigenvalue weighted by Crippen LogP contribution is -2.52. The summed E-state index contributed by atoms with van der Waals surface area (Å²) in [5, 5.41) is 3.08. The summed E-state index contributed by atoms with van der Waals surface area (Å²) in [4.78, 5) is 29.3. The van der Waals surface area contributed by atoms with Gasteiger partial charge in [0.05, 0.1) is 19.1 Å². The number of anilines is 1. The average molecular weight is 594 g/mol. The zero-order chi connectivity index (χ0) is 30.7. The first kappa shape index (κ1) is 32.7. The molecular formula is C33H43N3O5S. The van der Waals surface area contributed by atoms with Crippen LogP contribution in [0.2, 0.25) is 0 Å². The van der Waals surface area contributed by atoms with Crippen LogP contribution in [0.3, 0.4) is 0 Å². The van der Waals surface area contributed by atoms with Gasteiger partial charge in [-0.25, -0.2) is 8.42 Å². The monoisotopic (exact) mass is 593 g/mol. The van der Waals surface area contributed by atoms with Crippen molar-refractivity contribution in [2.45, 2.75) is 65.1 Å². The minimum absolute atomic E-state index is 0.0455. The Balaban J connectivity index is 1.91. The van der Waals surface area contributed by atoms with Crippen LogP contribution in [-0.2, 0) is 32.6 Å². The minimum Gasteiger partial charge on any atom is -0.495 e. The normalized spacial score (nSPS) is 12.7. The molecule has 0 aliphatic heterocycles. The number of hydrogen-bond acceptors (Lipinski definition) is 5. The molecule has 0 spiro atoms. The second-order valence-corrected chi connectivity index (χ2v) is 12.6. The van der Waals surface area contributed by atoms with E-state index in [9.17, 15) is 18.0 Å². The van der Waals surface area contributed by atoms with E-state index in [1.807, 2.05) is 75.4 Å². The lowest BCUT2D eigenvalue weighted by atomic mass is 10.0. The Hall–Kier alpha value is -3.85. The smallest absolute Gasteiger partial charge is 0.243 e. The summed E-state index contributed by atoms with van der Waals surface area (Å²) in [6.07, 6.45) is 2.59. The second kappa shape index (κ2) is 15.4. The molecular weight excluding hydrogens is 550 g/mol. The van der Waals surface area contributed by atoms with E-state index < -0.39 is 16.1 Å². The zero-order valence-electron chi connectivity index (χ0n) is 25.2. The Kier molecular flexibility index (Phi) is 12.0. The SMILES string of the molecule is CCC(C)NC(=O)C(Cc1ccccc1)N(Cc1cccc(C)c1)C(=O)CCCN(c1ccccc1OC)S(C)(=O)=O. The maximum Gasteiger partial charge on any atom is 0.243 e. The summed E-state index contributed by atoms with van der Waals surface area (Å²) >= 11 is 0. The number of methoxy groups -OCH3 is 1. The van der Waals surface area contributed by atoms with Crippen LogP contribution in [0, 0.1) is 6.92 Å². The number of nitrogens with one attached hydrogen (secondary N) is 1. The molecule has 0 heterocycles. The Morgan fingerprint density at radius 3 is 2.26 bits per heavy atom. The molecule has 3 aromatic carbocycles. The predicted molar refractivity (Wildman–Crippen MR) is 168 cm³/mol. The van der Waals surface area contributed by atoms with Crippen LogP contribution in [0.5, 0.6) is 5.75 Å². The van der Waals surface area contributed by atoms with Crippen molar-refractivity contribution in [1.29, 1.82) is 0 Å². The van der Waals surface area contributed by atoms with Gasteiger partial charge in [-0.1, -0.05) is 79.2 Å². The van der Waals surface area contributed by atoms with Gasteiger partial charge in [-0.2, -0.15) is 0 Å². The van der Waals surface area contributed by atoms with E-state index >= 15 is 0 Å². The first-order valence-corrected chi connectivity index (χ1v) is 16.2. The molecule has 42 heavy (non-hydrogen) atoms. The third-order valence-corrected chi connectivity index (χ3v) is 8.39. The number of aryl methyl sites for hydroxylation is 1. The zero-order valence-corrected chi connectivity index (χ0v) is 26.1. The Labute approximate surface area is 250 Å². The van der Waals surface area contributed by atoms with E-state index in [0.717, 1.165) is 29.4 Å². The van der Waals surface area contributed by atoms with E-state index in [-0.39, 0.29) is 43.8 Å². The molecule has 2 unspecified atom stereocenters. The van der Waals surface area contributed by atoms with Gasteiger partial charge in [0, 0.05) is 32.0 Å². The number of amides is 2. The Morgan fingerprint density at radius 2 is 1.62 bits per heavy atom. The highest BCUT2D eigenvalue weighted by Gasteiger charge is 2.31. The van der Waals surface area contributed by atoms with Gasteiger partial charge in [-0.15, -0.1) is 0 Å². The molecule has 9 heteroatoms. The number of carbonyl (C=O) groups excluding carboxylic acids is 2. The van der Waals surface area contributed by atoms with Crippen LogP contribution in [0.15, 0.2) is 78.9 Å². The molecule has 1 N–H and O–H groups in total.